The number of hydrogen-bond acceptors (Lipinski definition) is 5. The maximum absolute atomic E-state index is 12.4. The first-order chi connectivity index (χ1) is 14.1. The van der Waals surface area contributed by atoms with Gasteiger partial charge in [0, 0.05) is 5.69 Å². The number of alkyl halides is 3. The number of anilines is 1. The number of benzene rings is 2. The molecule has 30 heavy (non-hydrogen) atoms. The van der Waals surface area contributed by atoms with Gasteiger partial charge < -0.3 is 10.1 Å². The summed E-state index contributed by atoms with van der Waals surface area (Å²) in [5, 5.41) is 2.33. The van der Waals surface area contributed by atoms with Gasteiger partial charge in [0.25, 0.3) is 0 Å². The summed E-state index contributed by atoms with van der Waals surface area (Å²) >= 11 is 0. The van der Waals surface area contributed by atoms with Gasteiger partial charge in [-0.25, -0.2) is 9.69 Å². The van der Waals surface area contributed by atoms with Gasteiger partial charge in [-0.05, 0) is 29.8 Å². The van der Waals surface area contributed by atoms with Gasteiger partial charge in [-0.1, -0.05) is 30.3 Å². The number of imide groups is 2. The molecule has 1 aliphatic heterocycles. The number of carbonyl (C=O) groups is 4. The van der Waals surface area contributed by atoms with Crippen molar-refractivity contribution in [3.05, 3.63) is 60.2 Å². The molecule has 0 unspecified atom stereocenters. The third-order valence-electron chi connectivity index (χ3n) is 3.99. The molecule has 5 amide bonds. The zero-order chi connectivity index (χ0) is 21.9. The summed E-state index contributed by atoms with van der Waals surface area (Å²) in [7, 11) is 0. The minimum atomic E-state index is -4.85. The van der Waals surface area contributed by atoms with Crippen LogP contribution in [0.3, 0.4) is 0 Å². The number of amides is 5. The average Bonchev–Trinajstić information content (AvgIpc) is 2.87. The monoisotopic (exact) mass is 421 g/mol. The van der Waals surface area contributed by atoms with Crippen molar-refractivity contribution >= 4 is 29.4 Å². The van der Waals surface area contributed by atoms with E-state index in [2.05, 4.69) is 10.1 Å². The van der Waals surface area contributed by atoms with Gasteiger partial charge in [-0.15, -0.1) is 13.2 Å². The molecule has 0 spiro atoms. The fraction of sp³-hybridized carbons (Fsp3) is 0.158. The number of urea groups is 1. The lowest BCUT2D eigenvalue weighted by Gasteiger charge is -2.15. The van der Waals surface area contributed by atoms with E-state index in [9.17, 15) is 32.3 Å². The maximum Gasteiger partial charge on any atom is 0.573 e. The molecule has 3 rings (SSSR count). The van der Waals surface area contributed by atoms with Crippen LogP contribution in [0.1, 0.15) is 5.56 Å². The average molecular weight is 421 g/mol. The van der Waals surface area contributed by atoms with Gasteiger partial charge in [-0.3, -0.25) is 19.3 Å². The first-order valence-corrected chi connectivity index (χ1v) is 8.51. The summed E-state index contributed by atoms with van der Waals surface area (Å²) in [4.78, 5) is 50.0. The highest BCUT2D eigenvalue weighted by molar-refractivity contribution is 6.45. The van der Waals surface area contributed by atoms with E-state index in [0.717, 1.165) is 29.2 Å². The van der Waals surface area contributed by atoms with Crippen molar-refractivity contribution in [1.29, 1.82) is 0 Å². The Morgan fingerprint density at radius 3 is 2.10 bits per heavy atom. The summed E-state index contributed by atoms with van der Waals surface area (Å²) in [5.74, 6) is -3.48. The van der Waals surface area contributed by atoms with Crippen molar-refractivity contribution in [1.82, 2.24) is 9.80 Å². The zero-order valence-electron chi connectivity index (χ0n) is 15.2. The van der Waals surface area contributed by atoms with E-state index < -0.39 is 42.4 Å². The lowest BCUT2D eigenvalue weighted by molar-refractivity contribution is -0.274. The Morgan fingerprint density at radius 1 is 0.900 bits per heavy atom. The van der Waals surface area contributed by atoms with Crippen molar-refractivity contribution < 1.29 is 37.1 Å². The quantitative estimate of drug-likeness (QED) is 0.571. The van der Waals surface area contributed by atoms with Crippen molar-refractivity contribution in [3.63, 3.8) is 0 Å². The molecule has 156 valence electrons. The van der Waals surface area contributed by atoms with Gasteiger partial charge in [0.2, 0.25) is 5.91 Å². The third kappa shape index (κ3) is 4.93. The van der Waals surface area contributed by atoms with Crippen LogP contribution in [0.2, 0.25) is 0 Å². The number of rotatable bonds is 6. The zero-order valence-corrected chi connectivity index (χ0v) is 15.2. The molecule has 1 saturated heterocycles. The molecule has 2 aromatic rings. The third-order valence-corrected chi connectivity index (χ3v) is 3.99. The van der Waals surface area contributed by atoms with E-state index in [-0.39, 0.29) is 12.2 Å². The minimum absolute atomic E-state index is 0.112. The summed E-state index contributed by atoms with van der Waals surface area (Å²) in [5.41, 5.74) is 0.737. The van der Waals surface area contributed by atoms with Crippen molar-refractivity contribution in [2.24, 2.45) is 0 Å². The van der Waals surface area contributed by atoms with Crippen molar-refractivity contribution in [3.8, 4) is 5.75 Å². The molecule has 0 aliphatic carbocycles. The number of nitrogens with zero attached hydrogens (tertiary/aromatic N) is 2. The summed E-state index contributed by atoms with van der Waals surface area (Å²) in [6.07, 6.45) is -4.85. The maximum atomic E-state index is 12.4. The molecule has 2 aromatic carbocycles. The lowest BCUT2D eigenvalue weighted by Crippen LogP contribution is -2.38. The van der Waals surface area contributed by atoms with Gasteiger partial charge >= 0.3 is 24.2 Å². The van der Waals surface area contributed by atoms with Crippen LogP contribution >= 0.6 is 0 Å². The van der Waals surface area contributed by atoms with Gasteiger partial charge in [0.1, 0.15) is 12.3 Å². The van der Waals surface area contributed by atoms with Crippen LogP contribution in [-0.2, 0) is 20.9 Å². The van der Waals surface area contributed by atoms with Crippen LogP contribution in [0.5, 0.6) is 5.75 Å². The van der Waals surface area contributed by atoms with Crippen molar-refractivity contribution in [2.45, 2.75) is 12.9 Å². The molecule has 1 aliphatic rings. The highest BCUT2D eigenvalue weighted by atomic mass is 19.4. The molecule has 0 saturated carbocycles. The van der Waals surface area contributed by atoms with E-state index in [1.165, 1.54) is 0 Å². The molecule has 1 N–H and O–H groups in total. The fourth-order valence-corrected chi connectivity index (χ4v) is 2.68. The molecule has 1 fully saturated rings. The van der Waals surface area contributed by atoms with Gasteiger partial charge in [0.05, 0.1) is 6.54 Å². The Balaban J connectivity index is 1.61. The number of ether oxygens (including phenoxy) is 1. The van der Waals surface area contributed by atoms with Crippen LogP contribution in [0.15, 0.2) is 54.6 Å². The molecular weight excluding hydrogens is 407 g/mol. The van der Waals surface area contributed by atoms with E-state index in [4.69, 9.17) is 0 Å². The number of halogens is 3. The predicted molar refractivity (Wildman–Crippen MR) is 95.9 cm³/mol. The summed E-state index contributed by atoms with van der Waals surface area (Å²) < 4.78 is 40.2. The molecule has 0 atom stereocenters. The fourth-order valence-electron chi connectivity index (χ4n) is 2.68. The molecule has 0 aromatic heterocycles. The van der Waals surface area contributed by atoms with Crippen LogP contribution in [-0.4, -0.2) is 46.5 Å². The Labute approximate surface area is 167 Å². The standard InChI is InChI=1S/C19H14F3N3O5/c20-19(21,22)30-14-8-6-13(7-9-14)23-15(26)11-25-17(28)16(27)24(18(25)29)10-12-4-2-1-3-5-12/h1-9H,10-11H2,(H,23,26). The molecule has 0 radical (unpaired) electrons. The second-order valence-corrected chi connectivity index (χ2v) is 6.17. The number of carbonyl (C=O) groups excluding carboxylic acids is 4. The normalized spacial score (nSPS) is 14.3. The summed E-state index contributed by atoms with van der Waals surface area (Å²) in [6, 6.07) is 11.9. The van der Waals surface area contributed by atoms with Crippen LogP contribution < -0.4 is 10.1 Å². The Bertz CT molecular complexity index is 977. The first kappa shape index (κ1) is 20.8. The molecule has 1 heterocycles. The molecule has 0 bridgehead atoms. The predicted octanol–water partition coefficient (Wildman–Crippen LogP) is 2.51. The smallest absolute Gasteiger partial charge is 0.406 e. The van der Waals surface area contributed by atoms with E-state index in [1.54, 1.807) is 30.3 Å². The first-order valence-electron chi connectivity index (χ1n) is 8.51. The second kappa shape index (κ2) is 8.23. The van der Waals surface area contributed by atoms with Crippen LogP contribution in [0, 0.1) is 0 Å². The molecule has 8 nitrogen and oxygen atoms in total. The Morgan fingerprint density at radius 2 is 1.50 bits per heavy atom. The van der Waals surface area contributed by atoms with E-state index >= 15 is 0 Å². The van der Waals surface area contributed by atoms with Crippen molar-refractivity contribution in [2.75, 3.05) is 11.9 Å². The second-order valence-electron chi connectivity index (χ2n) is 6.17. The largest absolute Gasteiger partial charge is 0.573 e. The van der Waals surface area contributed by atoms with Crippen LogP contribution in [0.4, 0.5) is 23.7 Å². The molecular formula is C19H14F3N3O5. The van der Waals surface area contributed by atoms with E-state index in [0.29, 0.717) is 10.5 Å². The molecule has 11 heteroatoms. The Hall–Kier alpha value is -3.89. The highest BCUT2D eigenvalue weighted by Crippen LogP contribution is 2.24. The Kier molecular flexibility index (Phi) is 5.72. The highest BCUT2D eigenvalue weighted by Gasteiger charge is 2.45. The topological polar surface area (TPSA) is 96.0 Å². The van der Waals surface area contributed by atoms with Gasteiger partial charge in [0.15, 0.2) is 0 Å². The summed E-state index contributed by atoms with van der Waals surface area (Å²) in [6.45, 7) is -0.849. The van der Waals surface area contributed by atoms with Crippen LogP contribution in [0.25, 0.3) is 0 Å². The SMILES string of the molecule is O=C(CN1C(=O)C(=O)N(Cc2ccccc2)C1=O)Nc1ccc(OC(F)(F)F)cc1. The lowest BCUT2D eigenvalue weighted by atomic mass is 10.2. The van der Waals surface area contributed by atoms with Gasteiger partial charge in [-0.2, -0.15) is 0 Å². The number of hydrogen-bond donors (Lipinski definition) is 1. The van der Waals surface area contributed by atoms with E-state index in [1.807, 2.05) is 0 Å². The number of nitrogens with one attached hydrogen (secondary N) is 1. The minimum Gasteiger partial charge on any atom is -0.406 e.